The van der Waals surface area contributed by atoms with Gasteiger partial charge in [0.2, 0.25) is 0 Å². The Morgan fingerprint density at radius 3 is 2.59 bits per heavy atom. The summed E-state index contributed by atoms with van der Waals surface area (Å²) in [4.78, 5) is 45.2. The lowest BCUT2D eigenvalue weighted by atomic mass is 9.94. The number of anilines is 1. The number of aliphatic hydroxyl groups excluding tert-OH is 1. The van der Waals surface area contributed by atoms with Crippen LogP contribution in [0.25, 0.3) is 16.0 Å². The van der Waals surface area contributed by atoms with Gasteiger partial charge in [-0.05, 0) is 73.5 Å². The van der Waals surface area contributed by atoms with Crippen LogP contribution in [0.2, 0.25) is 0 Å². The third-order valence-corrected chi connectivity index (χ3v) is 8.14. The van der Waals surface area contributed by atoms with Gasteiger partial charge in [0.25, 0.3) is 5.78 Å². The Bertz CT molecular complexity index is 1740. The van der Waals surface area contributed by atoms with E-state index in [0.717, 1.165) is 16.0 Å². The Hall–Kier alpha value is -4.70. The van der Waals surface area contributed by atoms with Crippen molar-refractivity contribution in [3.8, 4) is 11.5 Å². The Morgan fingerprint density at radius 1 is 1.10 bits per heavy atom. The number of amides is 1. The minimum absolute atomic E-state index is 0.00331. The summed E-state index contributed by atoms with van der Waals surface area (Å²) in [7, 11) is 1.29. The lowest BCUT2D eigenvalue weighted by Gasteiger charge is -2.23. The maximum Gasteiger partial charge on any atom is 0.337 e. The number of ketones is 1. The molecule has 4 aromatic rings. The highest BCUT2D eigenvalue weighted by Gasteiger charge is 2.48. The van der Waals surface area contributed by atoms with Crippen LogP contribution in [-0.4, -0.2) is 47.6 Å². The van der Waals surface area contributed by atoms with Crippen molar-refractivity contribution in [1.82, 2.24) is 4.98 Å². The van der Waals surface area contributed by atoms with E-state index in [0.29, 0.717) is 46.1 Å². The molecule has 9 nitrogen and oxygen atoms in total. The summed E-state index contributed by atoms with van der Waals surface area (Å²) in [5.74, 6) is -1.06. The molecule has 1 amide bonds. The SMILES string of the molecule is CCOc1ccc2nc(N3C(=O)C(=O)/C(=C(/O)c4ccc5c(c4)CC(C)O5)C3c3ccc(C(=O)OC)cc3)sc2c1. The molecule has 2 aliphatic rings. The minimum atomic E-state index is -0.989. The van der Waals surface area contributed by atoms with Gasteiger partial charge in [-0.2, -0.15) is 0 Å². The molecule has 3 aromatic carbocycles. The molecule has 1 fully saturated rings. The molecule has 0 radical (unpaired) electrons. The second kappa shape index (κ2) is 10.4. The summed E-state index contributed by atoms with van der Waals surface area (Å²) < 4.78 is 17.0. The van der Waals surface area contributed by atoms with Crippen LogP contribution in [0.5, 0.6) is 11.5 Å². The quantitative estimate of drug-likeness (QED) is 0.141. The zero-order valence-corrected chi connectivity index (χ0v) is 23.4. The van der Waals surface area contributed by atoms with Gasteiger partial charge in [0.15, 0.2) is 5.13 Å². The predicted molar refractivity (Wildman–Crippen MR) is 154 cm³/mol. The Labute approximate surface area is 239 Å². The number of thiazole rings is 1. The fourth-order valence-corrected chi connectivity index (χ4v) is 6.26. The first kappa shape index (κ1) is 26.5. The molecule has 2 aliphatic heterocycles. The number of rotatable bonds is 6. The zero-order valence-electron chi connectivity index (χ0n) is 22.5. The van der Waals surface area contributed by atoms with Crippen LogP contribution in [-0.2, 0) is 20.7 Å². The molecule has 0 saturated carbocycles. The van der Waals surface area contributed by atoms with E-state index in [1.54, 1.807) is 54.6 Å². The van der Waals surface area contributed by atoms with Crippen molar-refractivity contribution in [3.05, 3.63) is 88.5 Å². The number of carbonyl (C=O) groups is 3. The van der Waals surface area contributed by atoms with E-state index in [1.165, 1.54) is 23.3 Å². The lowest BCUT2D eigenvalue weighted by molar-refractivity contribution is -0.132. The van der Waals surface area contributed by atoms with E-state index in [9.17, 15) is 19.5 Å². The van der Waals surface area contributed by atoms with Gasteiger partial charge in [0, 0.05) is 12.0 Å². The number of aromatic nitrogens is 1. The molecule has 0 spiro atoms. The molecule has 1 aromatic heterocycles. The summed E-state index contributed by atoms with van der Waals surface area (Å²) >= 11 is 1.24. The van der Waals surface area contributed by atoms with Crippen LogP contribution in [0.3, 0.4) is 0 Å². The highest BCUT2D eigenvalue weighted by atomic mass is 32.1. The molecule has 2 unspecified atom stereocenters. The van der Waals surface area contributed by atoms with Crippen LogP contribution < -0.4 is 14.4 Å². The number of Topliss-reactive ketones (excluding diaryl/α,β-unsaturated/α-hetero) is 1. The Kier molecular flexibility index (Phi) is 6.70. The standard InChI is InChI=1S/C31H26N2O7S/c1-4-39-21-10-11-22-24(15-21)41-31(32-22)33-26(17-5-7-18(8-6-17)30(37)38-3)25(28(35)29(33)36)27(34)19-9-12-23-20(14-19)13-16(2)40-23/h5-12,14-16,26,34H,4,13H2,1-3H3/b27-25+. The maximum absolute atomic E-state index is 13.6. The first-order chi connectivity index (χ1) is 19.8. The fourth-order valence-electron chi connectivity index (χ4n) is 5.24. The van der Waals surface area contributed by atoms with Gasteiger partial charge in [-0.25, -0.2) is 9.78 Å². The second-order valence-corrected chi connectivity index (χ2v) is 10.8. The number of ether oxygens (including phenoxy) is 3. The van der Waals surface area contributed by atoms with Crippen molar-refractivity contribution in [2.45, 2.75) is 32.4 Å². The highest BCUT2D eigenvalue weighted by Crippen LogP contribution is 2.45. The van der Waals surface area contributed by atoms with Crippen molar-refractivity contribution >= 4 is 50.1 Å². The molecular weight excluding hydrogens is 544 g/mol. The van der Waals surface area contributed by atoms with Crippen LogP contribution in [0.4, 0.5) is 5.13 Å². The van der Waals surface area contributed by atoms with Gasteiger partial charge in [-0.15, -0.1) is 0 Å². The molecule has 2 atom stereocenters. The second-order valence-electron chi connectivity index (χ2n) is 9.80. The van der Waals surface area contributed by atoms with E-state index in [4.69, 9.17) is 14.2 Å². The average Bonchev–Trinajstić information content (AvgIpc) is 3.64. The van der Waals surface area contributed by atoms with Crippen LogP contribution >= 0.6 is 11.3 Å². The molecular formula is C31H26N2O7S. The Balaban J connectivity index is 1.50. The summed E-state index contributed by atoms with van der Waals surface area (Å²) in [6.07, 6.45) is 0.669. The van der Waals surface area contributed by atoms with Gasteiger partial charge >= 0.3 is 11.9 Å². The van der Waals surface area contributed by atoms with Crippen molar-refractivity contribution in [1.29, 1.82) is 0 Å². The van der Waals surface area contributed by atoms with Crippen LogP contribution in [0, 0.1) is 0 Å². The Morgan fingerprint density at radius 2 is 1.85 bits per heavy atom. The summed E-state index contributed by atoms with van der Waals surface area (Å²) in [5.41, 5.74) is 2.72. The number of carbonyl (C=O) groups excluding carboxylic acids is 3. The number of esters is 1. The molecule has 208 valence electrons. The van der Waals surface area contributed by atoms with Gasteiger partial charge in [-0.3, -0.25) is 14.5 Å². The van der Waals surface area contributed by atoms with Gasteiger partial charge < -0.3 is 19.3 Å². The van der Waals surface area contributed by atoms with Crippen molar-refractivity contribution in [3.63, 3.8) is 0 Å². The molecule has 1 N–H and O–H groups in total. The molecule has 0 aliphatic carbocycles. The molecule has 41 heavy (non-hydrogen) atoms. The monoisotopic (exact) mass is 570 g/mol. The van der Waals surface area contributed by atoms with Crippen molar-refractivity contribution in [2.75, 3.05) is 18.6 Å². The van der Waals surface area contributed by atoms with E-state index in [-0.39, 0.29) is 17.4 Å². The number of aliphatic hydroxyl groups is 1. The number of benzene rings is 3. The molecule has 1 saturated heterocycles. The third-order valence-electron chi connectivity index (χ3n) is 7.13. The first-order valence-electron chi connectivity index (χ1n) is 13.1. The number of nitrogens with zero attached hydrogens (tertiary/aromatic N) is 2. The van der Waals surface area contributed by atoms with E-state index in [2.05, 4.69) is 4.98 Å². The van der Waals surface area contributed by atoms with Gasteiger partial charge in [-0.1, -0.05) is 23.5 Å². The smallest absolute Gasteiger partial charge is 0.337 e. The molecule has 6 rings (SSSR count). The molecule has 10 heteroatoms. The van der Waals surface area contributed by atoms with Crippen LogP contribution in [0.15, 0.2) is 66.2 Å². The summed E-state index contributed by atoms with van der Waals surface area (Å²) in [6, 6.07) is 16.1. The van der Waals surface area contributed by atoms with Crippen molar-refractivity contribution in [2.24, 2.45) is 0 Å². The molecule has 3 heterocycles. The number of hydrogen-bond donors (Lipinski definition) is 1. The van der Waals surface area contributed by atoms with E-state index in [1.807, 2.05) is 19.9 Å². The topological polar surface area (TPSA) is 115 Å². The van der Waals surface area contributed by atoms with Gasteiger partial charge in [0.1, 0.15) is 23.4 Å². The predicted octanol–water partition coefficient (Wildman–Crippen LogP) is 5.43. The molecule has 0 bridgehead atoms. The first-order valence-corrected chi connectivity index (χ1v) is 13.9. The van der Waals surface area contributed by atoms with E-state index >= 15 is 0 Å². The normalized spacial score (nSPS) is 19.3. The third kappa shape index (κ3) is 4.59. The van der Waals surface area contributed by atoms with Crippen molar-refractivity contribution < 1.29 is 33.7 Å². The minimum Gasteiger partial charge on any atom is -0.507 e. The van der Waals surface area contributed by atoms with Gasteiger partial charge in [0.05, 0.1) is 41.1 Å². The summed E-state index contributed by atoms with van der Waals surface area (Å²) in [5, 5.41) is 11.8. The van der Waals surface area contributed by atoms with E-state index < -0.39 is 23.7 Å². The highest BCUT2D eigenvalue weighted by molar-refractivity contribution is 7.22. The lowest BCUT2D eigenvalue weighted by Crippen LogP contribution is -2.29. The average molecular weight is 571 g/mol. The number of fused-ring (bicyclic) bond motifs is 2. The maximum atomic E-state index is 13.6. The zero-order chi connectivity index (χ0) is 28.8. The summed E-state index contributed by atoms with van der Waals surface area (Å²) in [6.45, 7) is 4.35. The van der Waals surface area contributed by atoms with Crippen LogP contribution in [0.1, 0.15) is 46.9 Å². The largest absolute Gasteiger partial charge is 0.507 e. The fraction of sp³-hybridized carbons (Fsp3) is 0.226. The number of hydrogen-bond acceptors (Lipinski definition) is 9. The number of methoxy groups -OCH3 is 1.